The van der Waals surface area contributed by atoms with Crippen molar-refractivity contribution in [1.82, 2.24) is 5.32 Å². The van der Waals surface area contributed by atoms with Crippen molar-refractivity contribution in [2.75, 3.05) is 13.2 Å². The molecule has 0 heterocycles. The number of rotatable bonds is 7. The molecule has 0 bridgehead atoms. The molecule has 0 fully saturated rings. The smallest absolute Gasteiger partial charge is 0.223 e. The van der Waals surface area contributed by atoms with Gasteiger partial charge in [0.15, 0.2) is 0 Å². The molecule has 0 saturated heterocycles. The van der Waals surface area contributed by atoms with Crippen LogP contribution < -0.4 is 15.8 Å². The van der Waals surface area contributed by atoms with E-state index in [0.717, 1.165) is 11.3 Å². The Balaban J connectivity index is 2.22. The highest BCUT2D eigenvalue weighted by Gasteiger charge is 2.07. The van der Waals surface area contributed by atoms with Crippen molar-refractivity contribution in [1.29, 1.82) is 0 Å². The quantitative estimate of drug-likeness (QED) is 0.748. The van der Waals surface area contributed by atoms with Crippen LogP contribution in [-0.4, -0.2) is 24.0 Å². The predicted molar refractivity (Wildman–Crippen MR) is 80.3 cm³/mol. The average Bonchev–Trinajstić information content (AvgIpc) is 2.36. The number of nitrogens with one attached hydrogen (secondary N) is 1. The molecule has 3 N–H and O–H groups in total. The van der Waals surface area contributed by atoms with Gasteiger partial charge in [0.05, 0.1) is 18.0 Å². The van der Waals surface area contributed by atoms with Gasteiger partial charge in [0.25, 0.3) is 0 Å². The molecule has 0 aliphatic heterocycles. The van der Waals surface area contributed by atoms with Gasteiger partial charge >= 0.3 is 0 Å². The Morgan fingerprint density at radius 1 is 1.53 bits per heavy atom. The average molecular weight is 280 g/mol. The van der Waals surface area contributed by atoms with Gasteiger partial charge in [-0.3, -0.25) is 4.79 Å². The molecule has 1 aromatic carbocycles. The van der Waals surface area contributed by atoms with Gasteiger partial charge < -0.3 is 15.8 Å². The third-order valence-corrected chi connectivity index (χ3v) is 3.08. The molecule has 1 atom stereocenters. The molecule has 0 aliphatic carbocycles. The zero-order chi connectivity index (χ0) is 14.3. The maximum atomic E-state index is 11.6. The van der Waals surface area contributed by atoms with Crippen LogP contribution in [0.4, 0.5) is 0 Å². The molecule has 0 radical (unpaired) electrons. The van der Waals surface area contributed by atoms with Crippen LogP contribution in [0.2, 0.25) is 0 Å². The Morgan fingerprint density at radius 3 is 2.89 bits per heavy atom. The minimum Gasteiger partial charge on any atom is -0.493 e. The van der Waals surface area contributed by atoms with E-state index in [2.05, 4.69) is 5.32 Å². The van der Waals surface area contributed by atoms with Crippen LogP contribution in [0.15, 0.2) is 24.3 Å². The fourth-order valence-corrected chi connectivity index (χ4v) is 1.51. The van der Waals surface area contributed by atoms with E-state index in [9.17, 15) is 4.79 Å². The molecular formula is C14H20N2O2S. The van der Waals surface area contributed by atoms with Crippen LogP contribution in [0.5, 0.6) is 5.75 Å². The second-order valence-electron chi connectivity index (χ2n) is 4.52. The first kappa shape index (κ1) is 15.4. The molecule has 0 saturated carbocycles. The highest BCUT2D eigenvalue weighted by atomic mass is 32.1. The van der Waals surface area contributed by atoms with E-state index >= 15 is 0 Å². The van der Waals surface area contributed by atoms with Crippen molar-refractivity contribution in [2.24, 2.45) is 11.7 Å². The van der Waals surface area contributed by atoms with Crippen molar-refractivity contribution < 1.29 is 9.53 Å². The SMILES string of the molecule is Cc1cccc(OCCC(=O)NCC(C)C(N)=S)c1. The lowest BCUT2D eigenvalue weighted by Crippen LogP contribution is -2.34. The van der Waals surface area contributed by atoms with Crippen LogP contribution in [0.3, 0.4) is 0 Å². The van der Waals surface area contributed by atoms with Crippen LogP contribution in [-0.2, 0) is 4.79 Å². The van der Waals surface area contributed by atoms with Gasteiger partial charge in [0.2, 0.25) is 5.91 Å². The summed E-state index contributed by atoms with van der Waals surface area (Å²) < 4.78 is 5.50. The molecule has 0 aliphatic rings. The number of aryl methyl sites for hydroxylation is 1. The fraction of sp³-hybridized carbons (Fsp3) is 0.429. The van der Waals surface area contributed by atoms with Crippen molar-refractivity contribution in [2.45, 2.75) is 20.3 Å². The van der Waals surface area contributed by atoms with E-state index in [0.29, 0.717) is 24.6 Å². The van der Waals surface area contributed by atoms with E-state index in [1.807, 2.05) is 38.1 Å². The number of hydrogen-bond acceptors (Lipinski definition) is 3. The summed E-state index contributed by atoms with van der Waals surface area (Å²) in [6.07, 6.45) is 0.317. The minimum absolute atomic E-state index is 0.0108. The Hall–Kier alpha value is -1.62. The maximum absolute atomic E-state index is 11.6. The highest BCUT2D eigenvalue weighted by Crippen LogP contribution is 2.12. The summed E-state index contributed by atoms with van der Waals surface area (Å²) >= 11 is 4.84. The standard InChI is InChI=1S/C14H20N2O2S/c1-10-4-3-5-12(8-10)18-7-6-13(17)16-9-11(2)14(15)19/h3-5,8,11H,6-7,9H2,1-2H3,(H2,15,19)(H,16,17). The first-order valence-electron chi connectivity index (χ1n) is 6.24. The lowest BCUT2D eigenvalue weighted by atomic mass is 10.2. The summed E-state index contributed by atoms with van der Waals surface area (Å²) in [5, 5.41) is 2.77. The molecule has 1 unspecified atom stereocenters. The normalized spacial score (nSPS) is 11.7. The van der Waals surface area contributed by atoms with E-state index in [1.54, 1.807) is 0 Å². The van der Waals surface area contributed by atoms with Gasteiger partial charge in [-0.05, 0) is 24.6 Å². The van der Waals surface area contributed by atoms with Crippen molar-refractivity contribution in [3.63, 3.8) is 0 Å². The van der Waals surface area contributed by atoms with Gasteiger partial charge in [-0.15, -0.1) is 0 Å². The zero-order valence-corrected chi connectivity index (χ0v) is 12.1. The summed E-state index contributed by atoms with van der Waals surface area (Å²) in [6.45, 7) is 4.71. The number of ether oxygens (including phenoxy) is 1. The molecule has 19 heavy (non-hydrogen) atoms. The van der Waals surface area contributed by atoms with Crippen LogP contribution in [0.1, 0.15) is 18.9 Å². The third kappa shape index (κ3) is 6.20. The largest absolute Gasteiger partial charge is 0.493 e. The van der Waals surface area contributed by atoms with Gasteiger partial charge in [0, 0.05) is 12.5 Å². The predicted octanol–water partition coefficient (Wildman–Crippen LogP) is 1.80. The summed E-state index contributed by atoms with van der Waals surface area (Å²) in [4.78, 5) is 12.0. The minimum atomic E-state index is -0.0595. The number of hydrogen-bond donors (Lipinski definition) is 2. The molecular weight excluding hydrogens is 260 g/mol. The van der Waals surface area contributed by atoms with Crippen LogP contribution in [0.25, 0.3) is 0 Å². The number of benzene rings is 1. The molecule has 1 rings (SSSR count). The number of nitrogens with two attached hydrogens (primary N) is 1. The number of carbonyl (C=O) groups is 1. The lowest BCUT2D eigenvalue weighted by molar-refractivity contribution is -0.121. The molecule has 0 aromatic heterocycles. The van der Waals surface area contributed by atoms with E-state index in [1.165, 1.54) is 0 Å². The summed E-state index contributed by atoms with van der Waals surface area (Å²) in [5.74, 6) is 0.733. The van der Waals surface area contributed by atoms with Crippen molar-refractivity contribution in [3.8, 4) is 5.75 Å². The third-order valence-electron chi connectivity index (χ3n) is 2.68. The molecule has 0 spiro atoms. The van der Waals surface area contributed by atoms with Gasteiger partial charge in [-0.25, -0.2) is 0 Å². The maximum Gasteiger partial charge on any atom is 0.223 e. The van der Waals surface area contributed by atoms with E-state index < -0.39 is 0 Å². The van der Waals surface area contributed by atoms with Crippen molar-refractivity contribution >= 4 is 23.1 Å². The van der Waals surface area contributed by atoms with Gasteiger partial charge in [0.1, 0.15) is 5.75 Å². The number of amides is 1. The molecule has 1 amide bonds. The van der Waals surface area contributed by atoms with E-state index in [-0.39, 0.29) is 11.8 Å². The second-order valence-corrected chi connectivity index (χ2v) is 4.99. The van der Waals surface area contributed by atoms with Gasteiger partial charge in [-0.1, -0.05) is 31.3 Å². The van der Waals surface area contributed by atoms with Gasteiger partial charge in [-0.2, -0.15) is 0 Å². The topological polar surface area (TPSA) is 64.3 Å². The van der Waals surface area contributed by atoms with Crippen LogP contribution >= 0.6 is 12.2 Å². The van der Waals surface area contributed by atoms with E-state index in [4.69, 9.17) is 22.7 Å². The Bertz CT molecular complexity index is 449. The lowest BCUT2D eigenvalue weighted by Gasteiger charge is -2.11. The second kappa shape index (κ2) is 7.74. The molecule has 4 nitrogen and oxygen atoms in total. The molecule has 1 aromatic rings. The first-order chi connectivity index (χ1) is 8.99. The summed E-state index contributed by atoms with van der Waals surface area (Å²) in [6, 6.07) is 7.73. The number of carbonyl (C=O) groups excluding carboxylic acids is 1. The Morgan fingerprint density at radius 2 is 2.26 bits per heavy atom. The van der Waals surface area contributed by atoms with Crippen LogP contribution in [0, 0.1) is 12.8 Å². The number of thiocarbonyl (C=S) groups is 1. The Labute approximate surface area is 119 Å². The molecule has 104 valence electrons. The molecule has 5 heteroatoms. The van der Waals surface area contributed by atoms with Crippen molar-refractivity contribution in [3.05, 3.63) is 29.8 Å². The highest BCUT2D eigenvalue weighted by molar-refractivity contribution is 7.80. The zero-order valence-electron chi connectivity index (χ0n) is 11.3. The first-order valence-corrected chi connectivity index (χ1v) is 6.65. The summed E-state index contributed by atoms with van der Waals surface area (Å²) in [5.41, 5.74) is 6.60. The monoisotopic (exact) mass is 280 g/mol. The Kier molecular flexibility index (Phi) is 6.29. The fourth-order valence-electron chi connectivity index (χ4n) is 1.42. The summed E-state index contributed by atoms with van der Waals surface area (Å²) in [7, 11) is 0.